The zero-order chi connectivity index (χ0) is 21.3. The molecule has 30 heavy (non-hydrogen) atoms. The van der Waals surface area contributed by atoms with E-state index in [9.17, 15) is 4.39 Å². The van der Waals surface area contributed by atoms with Crippen molar-refractivity contribution in [2.75, 3.05) is 26.4 Å². The Morgan fingerprint density at radius 3 is 2.63 bits per heavy atom. The summed E-state index contributed by atoms with van der Waals surface area (Å²) < 4.78 is 31.9. The van der Waals surface area contributed by atoms with Gasteiger partial charge in [0.1, 0.15) is 24.8 Å². The maximum atomic E-state index is 14.8. The SMILES string of the molecule is Cc1cc(OC[C@@H]2CC[C@@H](C)N([C@H](C)c3nc4c(cc3F)OCCO4)C2)cc(C)n1. The first-order valence-electron chi connectivity index (χ1n) is 10.7. The first-order chi connectivity index (χ1) is 14.4. The Balaban J connectivity index is 1.45. The van der Waals surface area contributed by atoms with Crippen LogP contribution in [-0.4, -0.2) is 47.3 Å². The lowest BCUT2D eigenvalue weighted by Gasteiger charge is -2.41. The van der Waals surface area contributed by atoms with Crippen LogP contribution in [0.5, 0.6) is 17.4 Å². The lowest BCUT2D eigenvalue weighted by molar-refractivity contribution is 0.0551. The van der Waals surface area contributed by atoms with Crippen molar-refractivity contribution in [2.24, 2.45) is 5.92 Å². The number of hydrogen-bond acceptors (Lipinski definition) is 6. The Hall–Kier alpha value is -2.41. The first-order valence-corrected chi connectivity index (χ1v) is 10.7. The molecular formula is C23H30FN3O3. The Morgan fingerprint density at radius 2 is 1.87 bits per heavy atom. The normalized spacial score (nSPS) is 22.6. The van der Waals surface area contributed by atoms with Gasteiger partial charge in [0, 0.05) is 48.1 Å². The van der Waals surface area contributed by atoms with Gasteiger partial charge < -0.3 is 14.2 Å². The third-order valence-corrected chi connectivity index (χ3v) is 5.98. The number of piperidine rings is 1. The molecule has 4 rings (SSSR count). The van der Waals surface area contributed by atoms with Gasteiger partial charge in [0.05, 0.1) is 18.3 Å². The van der Waals surface area contributed by atoms with Crippen LogP contribution in [0.2, 0.25) is 0 Å². The zero-order valence-electron chi connectivity index (χ0n) is 18.2. The molecule has 0 aliphatic carbocycles. The molecule has 2 aromatic rings. The summed E-state index contributed by atoms with van der Waals surface area (Å²) in [6.07, 6.45) is 2.13. The third kappa shape index (κ3) is 4.51. The summed E-state index contributed by atoms with van der Waals surface area (Å²) in [5, 5.41) is 0. The van der Waals surface area contributed by atoms with Crippen molar-refractivity contribution in [3.05, 3.63) is 41.1 Å². The van der Waals surface area contributed by atoms with Gasteiger partial charge in [0.15, 0.2) is 5.75 Å². The van der Waals surface area contributed by atoms with E-state index in [2.05, 4.69) is 21.8 Å². The fraction of sp³-hybridized carbons (Fsp3) is 0.565. The van der Waals surface area contributed by atoms with E-state index < -0.39 is 0 Å². The number of ether oxygens (including phenoxy) is 3. The smallest absolute Gasteiger partial charge is 0.257 e. The Kier molecular flexibility index (Phi) is 6.09. The van der Waals surface area contributed by atoms with Crippen LogP contribution in [0.3, 0.4) is 0 Å². The average Bonchev–Trinajstić information content (AvgIpc) is 2.71. The fourth-order valence-electron chi connectivity index (χ4n) is 4.40. The van der Waals surface area contributed by atoms with E-state index >= 15 is 0 Å². The highest BCUT2D eigenvalue weighted by Gasteiger charge is 2.32. The van der Waals surface area contributed by atoms with Gasteiger partial charge in [-0.3, -0.25) is 9.88 Å². The number of halogens is 1. The second-order valence-corrected chi connectivity index (χ2v) is 8.42. The van der Waals surface area contributed by atoms with E-state index in [4.69, 9.17) is 14.2 Å². The first kappa shape index (κ1) is 20.8. The summed E-state index contributed by atoms with van der Waals surface area (Å²) in [5.74, 6) is 1.66. The summed E-state index contributed by atoms with van der Waals surface area (Å²) in [4.78, 5) is 11.2. The predicted molar refractivity (Wildman–Crippen MR) is 112 cm³/mol. The topological polar surface area (TPSA) is 56.7 Å². The molecule has 1 fully saturated rings. The van der Waals surface area contributed by atoms with Gasteiger partial charge in [0.25, 0.3) is 5.88 Å². The molecule has 2 aliphatic rings. The van der Waals surface area contributed by atoms with Gasteiger partial charge in [-0.05, 0) is 40.5 Å². The molecule has 0 N–H and O–H groups in total. The molecule has 3 atom stereocenters. The Morgan fingerprint density at radius 1 is 1.13 bits per heavy atom. The minimum atomic E-state index is -0.347. The second kappa shape index (κ2) is 8.76. The van der Waals surface area contributed by atoms with Gasteiger partial charge in [-0.25, -0.2) is 9.37 Å². The van der Waals surface area contributed by atoms with E-state index in [1.807, 2.05) is 32.9 Å². The minimum absolute atomic E-state index is 0.163. The maximum absolute atomic E-state index is 14.8. The van der Waals surface area contributed by atoms with Crippen molar-refractivity contribution < 1.29 is 18.6 Å². The van der Waals surface area contributed by atoms with Gasteiger partial charge in [-0.1, -0.05) is 0 Å². The molecule has 0 unspecified atom stereocenters. The minimum Gasteiger partial charge on any atom is -0.493 e. The molecule has 0 amide bonds. The number of pyridine rings is 2. The third-order valence-electron chi connectivity index (χ3n) is 5.98. The van der Waals surface area contributed by atoms with E-state index in [1.54, 1.807) is 0 Å². The number of rotatable bonds is 5. The molecule has 2 aliphatic heterocycles. The summed E-state index contributed by atoms with van der Waals surface area (Å²) in [5.41, 5.74) is 2.32. The van der Waals surface area contributed by atoms with Crippen LogP contribution < -0.4 is 14.2 Å². The molecule has 0 spiro atoms. The standard InChI is InChI=1S/C23H30FN3O3/c1-14-9-19(10-15(2)25-14)30-13-18-6-5-16(3)27(12-18)17(4)22-20(24)11-21-23(26-22)29-8-7-28-21/h9-11,16-18H,5-8,12-13H2,1-4H3/t16-,17-,18-/m1/s1. The molecular weight excluding hydrogens is 385 g/mol. The molecule has 0 aromatic carbocycles. The number of aryl methyl sites for hydroxylation is 2. The molecule has 162 valence electrons. The maximum Gasteiger partial charge on any atom is 0.257 e. The van der Waals surface area contributed by atoms with E-state index in [1.165, 1.54) is 6.07 Å². The number of hydrogen-bond donors (Lipinski definition) is 0. The molecule has 2 aromatic heterocycles. The van der Waals surface area contributed by atoms with Crippen molar-refractivity contribution in [1.29, 1.82) is 0 Å². The highest BCUT2D eigenvalue weighted by molar-refractivity contribution is 5.37. The van der Waals surface area contributed by atoms with Crippen LogP contribution in [0, 0.1) is 25.6 Å². The van der Waals surface area contributed by atoms with E-state index in [-0.39, 0.29) is 11.9 Å². The summed E-state index contributed by atoms with van der Waals surface area (Å²) in [6, 6.07) is 5.51. The molecule has 0 radical (unpaired) electrons. The van der Waals surface area contributed by atoms with Gasteiger partial charge >= 0.3 is 0 Å². The summed E-state index contributed by atoms with van der Waals surface area (Å²) >= 11 is 0. The average molecular weight is 416 g/mol. The molecule has 4 heterocycles. The lowest BCUT2D eigenvalue weighted by atomic mass is 9.92. The highest BCUT2D eigenvalue weighted by Crippen LogP contribution is 2.36. The van der Waals surface area contributed by atoms with Crippen molar-refractivity contribution in [2.45, 2.75) is 52.6 Å². The summed E-state index contributed by atoms with van der Waals surface area (Å²) in [7, 11) is 0. The monoisotopic (exact) mass is 415 g/mol. The Bertz CT molecular complexity index is 887. The van der Waals surface area contributed by atoms with Crippen LogP contribution in [-0.2, 0) is 0 Å². The molecule has 1 saturated heterocycles. The quantitative estimate of drug-likeness (QED) is 0.728. The molecule has 0 saturated carbocycles. The van der Waals surface area contributed by atoms with Crippen LogP contribution >= 0.6 is 0 Å². The van der Waals surface area contributed by atoms with Crippen LogP contribution in [0.25, 0.3) is 0 Å². The number of fused-ring (bicyclic) bond motifs is 1. The fourth-order valence-corrected chi connectivity index (χ4v) is 4.40. The van der Waals surface area contributed by atoms with Crippen molar-refractivity contribution in [3.63, 3.8) is 0 Å². The van der Waals surface area contributed by atoms with Crippen LogP contribution in [0.1, 0.15) is 49.8 Å². The Labute approximate surface area is 177 Å². The predicted octanol–water partition coefficient (Wildman–Crippen LogP) is 4.24. The zero-order valence-corrected chi connectivity index (χ0v) is 18.2. The summed E-state index contributed by atoms with van der Waals surface area (Å²) in [6.45, 7) is 10.5. The molecule has 7 heteroatoms. The molecule has 0 bridgehead atoms. The highest BCUT2D eigenvalue weighted by atomic mass is 19.1. The van der Waals surface area contributed by atoms with Crippen molar-refractivity contribution in [3.8, 4) is 17.4 Å². The number of aromatic nitrogens is 2. The van der Waals surface area contributed by atoms with Crippen molar-refractivity contribution in [1.82, 2.24) is 14.9 Å². The molecule has 6 nitrogen and oxygen atoms in total. The van der Waals surface area contributed by atoms with Gasteiger partial charge in [0.2, 0.25) is 0 Å². The second-order valence-electron chi connectivity index (χ2n) is 8.42. The van der Waals surface area contributed by atoms with Gasteiger partial charge in [-0.15, -0.1) is 0 Å². The van der Waals surface area contributed by atoms with E-state index in [0.717, 1.165) is 36.5 Å². The van der Waals surface area contributed by atoms with Gasteiger partial charge in [-0.2, -0.15) is 0 Å². The number of likely N-dealkylation sites (tertiary alicyclic amines) is 1. The van der Waals surface area contributed by atoms with Crippen LogP contribution in [0.15, 0.2) is 18.2 Å². The number of nitrogens with zero attached hydrogens (tertiary/aromatic N) is 3. The van der Waals surface area contributed by atoms with Crippen LogP contribution in [0.4, 0.5) is 4.39 Å². The lowest BCUT2D eigenvalue weighted by Crippen LogP contribution is -2.45. The van der Waals surface area contributed by atoms with Crippen molar-refractivity contribution >= 4 is 0 Å². The largest absolute Gasteiger partial charge is 0.493 e. The van der Waals surface area contributed by atoms with E-state index in [0.29, 0.717) is 49.1 Å².